The van der Waals surface area contributed by atoms with Gasteiger partial charge in [0.15, 0.2) is 5.96 Å². The van der Waals surface area contributed by atoms with E-state index in [-0.39, 0.29) is 18.3 Å². The number of aryl methyl sites for hydroxylation is 1. The average molecular weight is 375 g/mol. The highest BCUT2D eigenvalue weighted by atomic mass is 31.2. The number of guanidine groups is 1. The zero-order chi connectivity index (χ0) is 19.2. The van der Waals surface area contributed by atoms with Crippen LogP contribution in [0.5, 0.6) is 0 Å². The zero-order valence-corrected chi connectivity index (χ0v) is 15.0. The molecule has 0 amide bonds. The Labute approximate surface area is 151 Å². The number of carbonyl (C=O) groups is 1. The van der Waals surface area contributed by atoms with E-state index in [2.05, 4.69) is 5.32 Å². The van der Waals surface area contributed by atoms with Crippen LogP contribution in [0.15, 0.2) is 54.6 Å². The molecule has 0 fully saturated rings. The third kappa shape index (κ3) is 6.02. The first-order chi connectivity index (χ1) is 12.3. The molecule has 2 atom stereocenters. The average Bonchev–Trinajstić information content (AvgIpc) is 2.58. The molecule has 138 valence electrons. The summed E-state index contributed by atoms with van der Waals surface area (Å²) in [7, 11) is -3.64. The van der Waals surface area contributed by atoms with Crippen LogP contribution in [0.1, 0.15) is 17.0 Å². The highest BCUT2D eigenvalue weighted by Crippen LogP contribution is 2.45. The van der Waals surface area contributed by atoms with Gasteiger partial charge in [-0.1, -0.05) is 42.5 Å². The minimum absolute atomic E-state index is 0.0200. The molecular weight excluding hydrogens is 353 g/mol. The second-order valence-corrected chi connectivity index (χ2v) is 8.55. The highest BCUT2D eigenvalue weighted by molar-refractivity contribution is 7.58. The van der Waals surface area contributed by atoms with Crippen LogP contribution < -0.4 is 11.1 Å². The van der Waals surface area contributed by atoms with Crippen LogP contribution in [0.3, 0.4) is 0 Å². The Balaban J connectivity index is 2.13. The lowest BCUT2D eigenvalue weighted by molar-refractivity contribution is -0.138. The quantitative estimate of drug-likeness (QED) is 0.273. The Morgan fingerprint density at radius 3 is 2.50 bits per heavy atom. The third-order valence-corrected chi connectivity index (χ3v) is 5.78. The first-order valence-corrected chi connectivity index (χ1v) is 10.1. The van der Waals surface area contributed by atoms with Crippen molar-refractivity contribution in [3.05, 3.63) is 65.7 Å². The van der Waals surface area contributed by atoms with Gasteiger partial charge in [0.05, 0.1) is 5.92 Å². The van der Waals surface area contributed by atoms with Crippen molar-refractivity contribution < 1.29 is 19.4 Å². The summed E-state index contributed by atoms with van der Waals surface area (Å²) >= 11 is 0. The summed E-state index contributed by atoms with van der Waals surface area (Å²) in [5.74, 6) is -2.56. The molecule has 0 bridgehead atoms. The third-order valence-electron chi connectivity index (χ3n) is 3.93. The Morgan fingerprint density at radius 2 is 1.88 bits per heavy atom. The van der Waals surface area contributed by atoms with E-state index < -0.39 is 19.3 Å². The van der Waals surface area contributed by atoms with Crippen molar-refractivity contribution in [1.29, 1.82) is 5.41 Å². The standard InChI is InChI=1S/C18H22N3O4P/c19-18(20)21-15-8-4-7-14(11-15)16(17(22)23)12-26(24,25)10-9-13-5-2-1-3-6-13/h1-8,11,16H,9-10,12H2,(H,22,23)(H,24,25)(H4,19,20,21). The number of rotatable bonds is 8. The van der Waals surface area contributed by atoms with Gasteiger partial charge in [0.25, 0.3) is 0 Å². The molecule has 0 saturated heterocycles. The molecule has 0 radical (unpaired) electrons. The van der Waals surface area contributed by atoms with E-state index in [1.165, 1.54) is 6.07 Å². The fraction of sp³-hybridized carbons (Fsp3) is 0.222. The van der Waals surface area contributed by atoms with Gasteiger partial charge in [0.2, 0.25) is 7.37 Å². The normalized spacial score (nSPS) is 14.2. The summed E-state index contributed by atoms with van der Waals surface area (Å²) in [4.78, 5) is 22.0. The van der Waals surface area contributed by atoms with E-state index in [4.69, 9.17) is 11.1 Å². The number of carboxylic acids is 1. The molecule has 0 aliphatic rings. The number of nitrogens with one attached hydrogen (secondary N) is 2. The first-order valence-electron chi connectivity index (χ1n) is 8.05. The molecule has 0 aliphatic carbocycles. The van der Waals surface area contributed by atoms with Crippen molar-refractivity contribution in [1.82, 2.24) is 0 Å². The van der Waals surface area contributed by atoms with Crippen molar-refractivity contribution in [2.45, 2.75) is 12.3 Å². The van der Waals surface area contributed by atoms with E-state index in [0.29, 0.717) is 17.7 Å². The molecule has 6 N–H and O–H groups in total. The summed E-state index contributed by atoms with van der Waals surface area (Å²) in [5, 5.41) is 19.4. The SMILES string of the molecule is N=C(N)Nc1cccc(C(CP(=O)(O)CCc2ccccc2)C(=O)O)c1. The molecule has 0 aliphatic heterocycles. The lowest BCUT2D eigenvalue weighted by atomic mass is 10.0. The lowest BCUT2D eigenvalue weighted by Gasteiger charge is -2.18. The van der Waals surface area contributed by atoms with Crippen LogP contribution in [0.2, 0.25) is 0 Å². The number of hydrogen-bond donors (Lipinski definition) is 5. The van der Waals surface area contributed by atoms with Crippen molar-refractivity contribution in [3.63, 3.8) is 0 Å². The smallest absolute Gasteiger partial charge is 0.311 e. The number of aliphatic carboxylic acids is 1. The van der Waals surface area contributed by atoms with Crippen LogP contribution in [0.4, 0.5) is 5.69 Å². The van der Waals surface area contributed by atoms with Gasteiger partial charge in [-0.2, -0.15) is 0 Å². The molecule has 26 heavy (non-hydrogen) atoms. The van der Waals surface area contributed by atoms with Crippen LogP contribution in [0.25, 0.3) is 0 Å². The maximum absolute atomic E-state index is 12.6. The van der Waals surface area contributed by atoms with Crippen molar-refractivity contribution in [2.24, 2.45) is 5.73 Å². The highest BCUT2D eigenvalue weighted by Gasteiger charge is 2.30. The fourth-order valence-corrected chi connectivity index (χ4v) is 4.37. The molecule has 0 aromatic heterocycles. The predicted octanol–water partition coefficient (Wildman–Crippen LogP) is 2.67. The van der Waals surface area contributed by atoms with Gasteiger partial charge in [-0.25, -0.2) is 0 Å². The van der Waals surface area contributed by atoms with Crippen molar-refractivity contribution >= 4 is 25.0 Å². The summed E-state index contributed by atoms with van der Waals surface area (Å²) < 4.78 is 12.6. The number of hydrogen-bond acceptors (Lipinski definition) is 3. The van der Waals surface area contributed by atoms with Gasteiger partial charge >= 0.3 is 5.97 Å². The molecule has 2 unspecified atom stereocenters. The Kier molecular flexibility index (Phi) is 6.55. The summed E-state index contributed by atoms with van der Waals surface area (Å²) in [6, 6.07) is 15.7. The lowest BCUT2D eigenvalue weighted by Crippen LogP contribution is -2.21. The number of benzene rings is 2. The van der Waals surface area contributed by atoms with Gasteiger partial charge in [-0.15, -0.1) is 0 Å². The van der Waals surface area contributed by atoms with Crippen molar-refractivity contribution in [2.75, 3.05) is 17.6 Å². The van der Waals surface area contributed by atoms with Gasteiger partial charge in [0, 0.05) is 18.0 Å². The van der Waals surface area contributed by atoms with Gasteiger partial charge < -0.3 is 21.1 Å². The molecule has 0 heterocycles. The second kappa shape index (κ2) is 8.65. The minimum atomic E-state index is -3.64. The van der Waals surface area contributed by atoms with Crippen LogP contribution in [-0.2, 0) is 15.8 Å². The number of nitrogens with two attached hydrogens (primary N) is 1. The fourth-order valence-electron chi connectivity index (χ4n) is 2.64. The monoisotopic (exact) mass is 375 g/mol. The molecule has 2 rings (SSSR count). The Bertz CT molecular complexity index is 826. The minimum Gasteiger partial charge on any atom is -0.481 e. The van der Waals surface area contributed by atoms with E-state index in [1.54, 1.807) is 18.2 Å². The molecule has 2 aromatic carbocycles. The second-order valence-electron chi connectivity index (χ2n) is 6.04. The largest absolute Gasteiger partial charge is 0.481 e. The summed E-state index contributed by atoms with van der Waals surface area (Å²) in [5.41, 5.74) is 7.05. The van der Waals surface area contributed by atoms with Crippen LogP contribution in [0, 0.1) is 5.41 Å². The summed E-state index contributed by atoms with van der Waals surface area (Å²) in [6.45, 7) is 0. The van der Waals surface area contributed by atoms with Gasteiger partial charge in [0.1, 0.15) is 0 Å². The maximum atomic E-state index is 12.6. The molecule has 2 aromatic rings. The van der Waals surface area contributed by atoms with E-state index in [1.807, 2.05) is 30.3 Å². The van der Waals surface area contributed by atoms with E-state index >= 15 is 0 Å². The van der Waals surface area contributed by atoms with E-state index in [0.717, 1.165) is 5.56 Å². The maximum Gasteiger partial charge on any atom is 0.311 e. The molecule has 8 heteroatoms. The molecule has 0 spiro atoms. The number of anilines is 1. The Hall–Kier alpha value is -2.63. The molecule has 7 nitrogen and oxygen atoms in total. The predicted molar refractivity (Wildman–Crippen MR) is 102 cm³/mol. The molecule has 0 saturated carbocycles. The summed E-state index contributed by atoms with van der Waals surface area (Å²) in [6.07, 6.45) is 0.0811. The Morgan fingerprint density at radius 1 is 1.19 bits per heavy atom. The first kappa shape index (κ1) is 19.7. The van der Waals surface area contributed by atoms with Crippen LogP contribution >= 0.6 is 7.37 Å². The van der Waals surface area contributed by atoms with E-state index in [9.17, 15) is 19.4 Å². The van der Waals surface area contributed by atoms with Crippen molar-refractivity contribution in [3.8, 4) is 0 Å². The van der Waals surface area contributed by atoms with Crippen LogP contribution in [-0.4, -0.2) is 34.3 Å². The molecular formula is C18H22N3O4P. The number of carboxylic acid groups (broad SMARTS) is 1. The zero-order valence-electron chi connectivity index (χ0n) is 14.1. The van der Waals surface area contributed by atoms with Gasteiger partial charge in [-0.3, -0.25) is 14.8 Å². The topological polar surface area (TPSA) is 136 Å². The van der Waals surface area contributed by atoms with Gasteiger partial charge in [-0.05, 0) is 29.7 Å².